The number of hydrogen-bond acceptors (Lipinski definition) is 3. The van der Waals surface area contributed by atoms with Gasteiger partial charge in [0.15, 0.2) is 0 Å². The third-order valence-corrected chi connectivity index (χ3v) is 5.91. The summed E-state index contributed by atoms with van der Waals surface area (Å²) in [4.78, 5) is 29.6. The fourth-order valence-electron chi connectivity index (χ4n) is 4.13. The molecule has 1 aromatic rings. The summed E-state index contributed by atoms with van der Waals surface area (Å²) in [6, 6.07) is 7.54. The Balaban J connectivity index is 1.79. The van der Waals surface area contributed by atoms with Crippen LogP contribution in [0.3, 0.4) is 0 Å². The summed E-state index contributed by atoms with van der Waals surface area (Å²) in [7, 11) is 2.11. The number of carbonyl (C=O) groups is 2. The molecular formula is C20H28ClN3O2. The van der Waals surface area contributed by atoms with E-state index in [1.54, 1.807) is 0 Å². The number of nitrogens with one attached hydrogen (secondary N) is 1. The van der Waals surface area contributed by atoms with Crippen molar-refractivity contribution >= 4 is 23.4 Å². The van der Waals surface area contributed by atoms with Gasteiger partial charge in [0.05, 0.1) is 12.0 Å². The van der Waals surface area contributed by atoms with Gasteiger partial charge in [0.25, 0.3) is 0 Å². The van der Waals surface area contributed by atoms with Gasteiger partial charge in [0, 0.05) is 24.0 Å². The largest absolute Gasteiger partial charge is 0.353 e. The first-order valence-corrected chi connectivity index (χ1v) is 9.91. The van der Waals surface area contributed by atoms with Gasteiger partial charge in [0.1, 0.15) is 0 Å². The maximum atomic E-state index is 13.1. The van der Waals surface area contributed by atoms with E-state index in [1.807, 2.05) is 36.1 Å². The molecule has 0 radical (unpaired) electrons. The highest BCUT2D eigenvalue weighted by molar-refractivity contribution is 6.30. The van der Waals surface area contributed by atoms with Gasteiger partial charge in [-0.15, -0.1) is 0 Å². The third kappa shape index (κ3) is 4.21. The average molecular weight is 378 g/mol. The lowest BCUT2D eigenvalue weighted by Crippen LogP contribution is -2.51. The van der Waals surface area contributed by atoms with Crippen molar-refractivity contribution in [2.75, 3.05) is 26.7 Å². The zero-order valence-electron chi connectivity index (χ0n) is 15.6. The van der Waals surface area contributed by atoms with Crippen LogP contribution in [0.2, 0.25) is 5.02 Å². The second kappa shape index (κ2) is 8.40. The van der Waals surface area contributed by atoms with Crippen molar-refractivity contribution in [1.29, 1.82) is 0 Å². The first-order valence-electron chi connectivity index (χ1n) is 9.53. The Hall–Kier alpha value is -1.59. The topological polar surface area (TPSA) is 52.7 Å². The van der Waals surface area contributed by atoms with Crippen molar-refractivity contribution in [2.24, 2.45) is 5.92 Å². The van der Waals surface area contributed by atoms with E-state index in [-0.39, 0.29) is 29.8 Å². The Bertz CT molecular complexity index is 641. The van der Waals surface area contributed by atoms with Gasteiger partial charge in [-0.25, -0.2) is 0 Å². The summed E-state index contributed by atoms with van der Waals surface area (Å²) in [6.45, 7) is 4.59. The molecule has 142 valence electrons. The van der Waals surface area contributed by atoms with E-state index in [0.29, 0.717) is 24.4 Å². The lowest BCUT2D eigenvalue weighted by molar-refractivity contribution is -0.143. The smallest absolute Gasteiger partial charge is 0.225 e. The van der Waals surface area contributed by atoms with Gasteiger partial charge < -0.3 is 15.1 Å². The number of rotatable bonds is 4. The Morgan fingerprint density at radius 1 is 1.19 bits per heavy atom. The minimum absolute atomic E-state index is 0.0745. The molecular weight excluding hydrogens is 350 g/mol. The van der Waals surface area contributed by atoms with Crippen molar-refractivity contribution < 1.29 is 9.59 Å². The summed E-state index contributed by atoms with van der Waals surface area (Å²) in [5, 5.41) is 3.91. The number of amides is 2. The number of piperidine rings is 2. The molecule has 26 heavy (non-hydrogen) atoms. The van der Waals surface area contributed by atoms with E-state index < -0.39 is 0 Å². The van der Waals surface area contributed by atoms with Gasteiger partial charge in [-0.3, -0.25) is 9.59 Å². The van der Waals surface area contributed by atoms with Crippen molar-refractivity contribution in [3.05, 3.63) is 34.9 Å². The molecule has 2 aliphatic rings. The van der Waals surface area contributed by atoms with Crippen LogP contribution in [0.1, 0.15) is 44.2 Å². The summed E-state index contributed by atoms with van der Waals surface area (Å²) in [6.07, 6.45) is 3.00. The monoisotopic (exact) mass is 377 g/mol. The fourth-order valence-corrected chi connectivity index (χ4v) is 4.26. The lowest BCUT2D eigenvalue weighted by Gasteiger charge is -2.41. The SMILES string of the molecule is CCN1C(=O)CC[C@@H](C(=O)NC2CCN(C)CC2)[C@@H]1c1ccc(Cl)cc1. The lowest BCUT2D eigenvalue weighted by atomic mass is 9.83. The number of nitrogens with zero attached hydrogens (tertiary/aromatic N) is 2. The highest BCUT2D eigenvalue weighted by Gasteiger charge is 2.40. The minimum atomic E-state index is -0.218. The maximum Gasteiger partial charge on any atom is 0.225 e. The molecule has 6 heteroatoms. The number of hydrogen-bond donors (Lipinski definition) is 1. The molecule has 2 amide bonds. The van der Waals surface area contributed by atoms with Crippen molar-refractivity contribution in [1.82, 2.24) is 15.1 Å². The van der Waals surface area contributed by atoms with Gasteiger partial charge >= 0.3 is 0 Å². The van der Waals surface area contributed by atoms with Gasteiger partial charge in [-0.1, -0.05) is 23.7 Å². The number of halogens is 1. The van der Waals surface area contributed by atoms with Crippen LogP contribution in [0.15, 0.2) is 24.3 Å². The molecule has 2 fully saturated rings. The zero-order valence-corrected chi connectivity index (χ0v) is 16.3. The molecule has 0 saturated carbocycles. The highest BCUT2D eigenvalue weighted by atomic mass is 35.5. The number of benzene rings is 1. The van der Waals surface area contributed by atoms with Crippen molar-refractivity contribution in [3.8, 4) is 0 Å². The second-order valence-corrected chi connectivity index (χ2v) is 7.84. The van der Waals surface area contributed by atoms with E-state index in [9.17, 15) is 9.59 Å². The van der Waals surface area contributed by atoms with E-state index >= 15 is 0 Å². The Labute approximate surface area is 160 Å². The fraction of sp³-hybridized carbons (Fsp3) is 0.600. The molecule has 0 aliphatic carbocycles. The Morgan fingerprint density at radius 2 is 1.85 bits per heavy atom. The van der Waals surface area contributed by atoms with E-state index in [2.05, 4.69) is 17.3 Å². The van der Waals surface area contributed by atoms with Gasteiger partial charge in [-0.05, 0) is 64.0 Å². The molecule has 2 heterocycles. The predicted molar refractivity (Wildman–Crippen MR) is 103 cm³/mol. The van der Waals surface area contributed by atoms with Crippen LogP contribution in [-0.2, 0) is 9.59 Å². The van der Waals surface area contributed by atoms with Crippen LogP contribution in [0, 0.1) is 5.92 Å². The molecule has 0 bridgehead atoms. The van der Waals surface area contributed by atoms with E-state index in [1.165, 1.54) is 0 Å². The minimum Gasteiger partial charge on any atom is -0.353 e. The highest BCUT2D eigenvalue weighted by Crippen LogP contribution is 2.37. The van der Waals surface area contributed by atoms with Gasteiger partial charge in [0.2, 0.25) is 11.8 Å². The number of carbonyl (C=O) groups excluding carboxylic acids is 2. The Kier molecular flexibility index (Phi) is 6.20. The van der Waals surface area contributed by atoms with E-state index in [0.717, 1.165) is 31.5 Å². The van der Waals surface area contributed by atoms with Crippen LogP contribution < -0.4 is 5.32 Å². The van der Waals surface area contributed by atoms with Crippen LogP contribution >= 0.6 is 11.6 Å². The molecule has 2 atom stereocenters. The third-order valence-electron chi connectivity index (χ3n) is 5.66. The summed E-state index contributed by atoms with van der Waals surface area (Å²) in [5.74, 6) is -0.0188. The Morgan fingerprint density at radius 3 is 2.46 bits per heavy atom. The molecule has 2 aliphatic heterocycles. The van der Waals surface area contributed by atoms with Crippen LogP contribution in [0.4, 0.5) is 0 Å². The second-order valence-electron chi connectivity index (χ2n) is 7.41. The van der Waals surface area contributed by atoms with Gasteiger partial charge in [-0.2, -0.15) is 0 Å². The molecule has 0 aromatic heterocycles. The predicted octanol–water partition coefficient (Wildman–Crippen LogP) is 2.85. The molecule has 1 N–H and O–H groups in total. The zero-order chi connectivity index (χ0) is 18.7. The molecule has 0 spiro atoms. The van der Waals surface area contributed by atoms with Crippen LogP contribution in [0.5, 0.6) is 0 Å². The number of likely N-dealkylation sites (tertiary alicyclic amines) is 2. The standard InChI is InChI=1S/C20H28ClN3O2/c1-3-24-18(25)9-8-17(19(24)14-4-6-15(21)7-5-14)20(26)22-16-10-12-23(2)13-11-16/h4-7,16-17,19H,3,8-13H2,1-2H3,(H,22,26)/t17-,19+/m1/s1. The first kappa shape index (κ1) is 19.2. The first-order chi connectivity index (χ1) is 12.5. The molecule has 0 unspecified atom stereocenters. The molecule has 3 rings (SSSR count). The van der Waals surface area contributed by atoms with Crippen LogP contribution in [-0.4, -0.2) is 54.3 Å². The molecule has 5 nitrogen and oxygen atoms in total. The maximum absolute atomic E-state index is 13.1. The summed E-state index contributed by atoms with van der Waals surface area (Å²) >= 11 is 6.03. The van der Waals surface area contributed by atoms with E-state index in [4.69, 9.17) is 11.6 Å². The normalized spacial score (nSPS) is 25.3. The molecule has 1 aromatic carbocycles. The summed E-state index contributed by atoms with van der Waals surface area (Å²) < 4.78 is 0. The van der Waals surface area contributed by atoms with Crippen molar-refractivity contribution in [3.63, 3.8) is 0 Å². The van der Waals surface area contributed by atoms with Crippen molar-refractivity contribution in [2.45, 2.75) is 44.7 Å². The molecule has 2 saturated heterocycles. The average Bonchev–Trinajstić information content (AvgIpc) is 2.64. The van der Waals surface area contributed by atoms with Crippen LogP contribution in [0.25, 0.3) is 0 Å². The summed E-state index contributed by atoms with van der Waals surface area (Å²) in [5.41, 5.74) is 0.979. The quantitative estimate of drug-likeness (QED) is 0.877.